The Morgan fingerprint density at radius 1 is 1.53 bits per heavy atom. The number of aryl methyl sites for hydroxylation is 1. The molecule has 0 aromatic carbocycles. The van der Waals surface area contributed by atoms with Crippen molar-refractivity contribution >= 4 is 0 Å². The van der Waals surface area contributed by atoms with Crippen molar-refractivity contribution < 1.29 is 14.3 Å². The fourth-order valence-corrected chi connectivity index (χ4v) is 2.17. The van der Waals surface area contributed by atoms with Crippen molar-refractivity contribution in [3.05, 3.63) is 47.2 Å². The molecule has 0 radical (unpaired) electrons. The summed E-state index contributed by atoms with van der Waals surface area (Å²) in [6.07, 6.45) is 3.85. The van der Waals surface area contributed by atoms with Crippen LogP contribution in [-0.2, 0) is 17.8 Å². The van der Waals surface area contributed by atoms with E-state index in [-0.39, 0.29) is 11.9 Å². The molecule has 0 saturated carbocycles. The molecule has 1 aliphatic rings. The van der Waals surface area contributed by atoms with Crippen LogP contribution in [0.2, 0.25) is 0 Å². The predicted molar refractivity (Wildman–Crippen MR) is 60.6 cm³/mol. The number of furan rings is 1. The minimum atomic E-state index is -0.246. The molecule has 3 rings (SSSR count). The van der Waals surface area contributed by atoms with E-state index in [4.69, 9.17) is 9.15 Å². The number of fused-ring (bicyclic) bond motifs is 1. The van der Waals surface area contributed by atoms with E-state index in [1.54, 1.807) is 12.5 Å². The van der Waals surface area contributed by atoms with Crippen molar-refractivity contribution in [2.45, 2.75) is 26.1 Å². The second kappa shape index (κ2) is 3.89. The molecule has 1 N–H and O–H groups in total. The predicted octanol–water partition coefficient (Wildman–Crippen LogP) is 2.56. The topological polar surface area (TPSA) is 55.5 Å². The van der Waals surface area contributed by atoms with Gasteiger partial charge in [0.15, 0.2) is 0 Å². The highest BCUT2D eigenvalue weighted by Crippen LogP contribution is 2.40. The van der Waals surface area contributed by atoms with E-state index in [1.165, 1.54) is 0 Å². The molecule has 3 heterocycles. The van der Waals surface area contributed by atoms with Crippen molar-refractivity contribution in [3.8, 4) is 5.75 Å². The Balaban J connectivity index is 2.07. The molecular formula is C13H13NO3. The highest BCUT2D eigenvalue weighted by Gasteiger charge is 2.30. The van der Waals surface area contributed by atoms with Gasteiger partial charge in [0.25, 0.3) is 0 Å². The first-order chi connectivity index (χ1) is 8.31. The zero-order chi connectivity index (χ0) is 11.8. The Labute approximate surface area is 98.9 Å². The number of ether oxygens (including phenoxy) is 1. The molecule has 2 aromatic rings. The molecule has 4 heteroatoms. The maximum Gasteiger partial charge on any atom is 0.143 e. The number of rotatable bonds is 2. The molecule has 0 fully saturated rings. The summed E-state index contributed by atoms with van der Waals surface area (Å²) in [4.78, 5) is 4.26. The molecular weight excluding hydrogens is 218 g/mol. The Morgan fingerprint density at radius 2 is 2.41 bits per heavy atom. The molecule has 88 valence electrons. The van der Waals surface area contributed by atoms with Gasteiger partial charge in [-0.25, -0.2) is 0 Å². The van der Waals surface area contributed by atoms with E-state index in [1.807, 2.05) is 19.1 Å². The summed E-state index contributed by atoms with van der Waals surface area (Å²) in [5.41, 5.74) is 2.44. The number of aromatic hydroxyl groups is 1. The van der Waals surface area contributed by atoms with Gasteiger partial charge in [0.2, 0.25) is 0 Å². The van der Waals surface area contributed by atoms with Crippen LogP contribution in [0, 0.1) is 0 Å². The van der Waals surface area contributed by atoms with Gasteiger partial charge in [0, 0.05) is 17.3 Å². The standard InChI is InChI=1S/C13H13NO3/c1-2-10-12(15)9-7-17-13(8(9)6-14-10)11-4-3-5-16-11/h3-6,13,15H,2,7H2,1H3. The zero-order valence-electron chi connectivity index (χ0n) is 9.51. The summed E-state index contributed by atoms with van der Waals surface area (Å²) < 4.78 is 11.0. The summed E-state index contributed by atoms with van der Waals surface area (Å²) in [6.45, 7) is 2.37. The van der Waals surface area contributed by atoms with Crippen LogP contribution in [0.25, 0.3) is 0 Å². The molecule has 0 aliphatic carbocycles. The van der Waals surface area contributed by atoms with Gasteiger partial charge in [-0.15, -0.1) is 0 Å². The molecule has 0 spiro atoms. The fraction of sp³-hybridized carbons (Fsp3) is 0.308. The largest absolute Gasteiger partial charge is 0.506 e. The maximum atomic E-state index is 10.1. The van der Waals surface area contributed by atoms with Crippen LogP contribution in [0.1, 0.15) is 35.6 Å². The van der Waals surface area contributed by atoms with E-state index < -0.39 is 0 Å². The normalized spacial score (nSPS) is 18.3. The van der Waals surface area contributed by atoms with Gasteiger partial charge < -0.3 is 14.3 Å². The van der Waals surface area contributed by atoms with Crippen LogP contribution >= 0.6 is 0 Å². The third-order valence-corrected chi connectivity index (χ3v) is 3.08. The fourth-order valence-electron chi connectivity index (χ4n) is 2.17. The SMILES string of the molecule is CCc1ncc2c(c1O)COC2c1ccco1. The average Bonchev–Trinajstić information content (AvgIpc) is 2.97. The Hall–Kier alpha value is -1.81. The average molecular weight is 231 g/mol. The maximum absolute atomic E-state index is 10.1. The summed E-state index contributed by atoms with van der Waals surface area (Å²) in [7, 11) is 0. The van der Waals surface area contributed by atoms with Crippen molar-refractivity contribution in [2.24, 2.45) is 0 Å². The lowest BCUT2D eigenvalue weighted by molar-refractivity contribution is 0.0779. The Kier molecular flexibility index (Phi) is 2.37. The smallest absolute Gasteiger partial charge is 0.143 e. The third kappa shape index (κ3) is 1.52. The molecule has 0 bridgehead atoms. The van der Waals surface area contributed by atoms with Gasteiger partial charge in [-0.05, 0) is 18.6 Å². The van der Waals surface area contributed by atoms with E-state index >= 15 is 0 Å². The number of aromatic nitrogens is 1. The van der Waals surface area contributed by atoms with Crippen molar-refractivity contribution in [3.63, 3.8) is 0 Å². The Morgan fingerprint density at radius 3 is 3.12 bits per heavy atom. The summed E-state index contributed by atoms with van der Waals surface area (Å²) in [5, 5.41) is 10.1. The number of hydrogen-bond donors (Lipinski definition) is 1. The Bertz CT molecular complexity index is 534. The van der Waals surface area contributed by atoms with Gasteiger partial charge in [0.1, 0.15) is 17.6 Å². The van der Waals surface area contributed by atoms with Crippen LogP contribution in [0.3, 0.4) is 0 Å². The van der Waals surface area contributed by atoms with Crippen LogP contribution in [0.15, 0.2) is 29.0 Å². The summed E-state index contributed by atoms with van der Waals surface area (Å²) >= 11 is 0. The van der Waals surface area contributed by atoms with Gasteiger partial charge in [-0.3, -0.25) is 4.98 Å². The minimum absolute atomic E-state index is 0.246. The van der Waals surface area contributed by atoms with Gasteiger partial charge in [-0.1, -0.05) is 6.92 Å². The second-order valence-electron chi connectivity index (χ2n) is 4.05. The molecule has 17 heavy (non-hydrogen) atoms. The van der Waals surface area contributed by atoms with Crippen LogP contribution < -0.4 is 0 Å². The zero-order valence-corrected chi connectivity index (χ0v) is 9.51. The molecule has 4 nitrogen and oxygen atoms in total. The van der Waals surface area contributed by atoms with Gasteiger partial charge in [-0.2, -0.15) is 0 Å². The van der Waals surface area contributed by atoms with E-state index in [0.717, 1.165) is 16.9 Å². The lowest BCUT2D eigenvalue weighted by Crippen LogP contribution is -1.98. The first-order valence-corrected chi connectivity index (χ1v) is 5.66. The van der Waals surface area contributed by atoms with Crippen LogP contribution in [-0.4, -0.2) is 10.1 Å². The van der Waals surface area contributed by atoms with Crippen molar-refractivity contribution in [1.82, 2.24) is 4.98 Å². The second-order valence-corrected chi connectivity index (χ2v) is 4.05. The monoisotopic (exact) mass is 231 g/mol. The highest BCUT2D eigenvalue weighted by atomic mass is 16.5. The molecule has 1 atom stereocenters. The van der Waals surface area contributed by atoms with Gasteiger partial charge in [0.05, 0.1) is 18.6 Å². The first kappa shape index (κ1) is 10.4. The number of hydrogen-bond acceptors (Lipinski definition) is 4. The first-order valence-electron chi connectivity index (χ1n) is 5.66. The number of nitrogens with zero attached hydrogens (tertiary/aromatic N) is 1. The molecule has 0 amide bonds. The van der Waals surface area contributed by atoms with E-state index in [0.29, 0.717) is 18.7 Å². The summed E-state index contributed by atoms with van der Waals surface area (Å²) in [5.74, 6) is 1.01. The quantitative estimate of drug-likeness (QED) is 0.863. The minimum Gasteiger partial charge on any atom is -0.506 e. The van der Waals surface area contributed by atoms with Crippen LogP contribution in [0.4, 0.5) is 0 Å². The van der Waals surface area contributed by atoms with Gasteiger partial charge >= 0.3 is 0 Å². The highest BCUT2D eigenvalue weighted by molar-refractivity contribution is 5.45. The van der Waals surface area contributed by atoms with Crippen molar-refractivity contribution in [2.75, 3.05) is 0 Å². The molecule has 0 saturated heterocycles. The summed E-state index contributed by atoms with van der Waals surface area (Å²) in [6, 6.07) is 3.69. The molecule has 1 unspecified atom stereocenters. The van der Waals surface area contributed by atoms with Crippen LogP contribution in [0.5, 0.6) is 5.75 Å². The van der Waals surface area contributed by atoms with Crippen molar-refractivity contribution in [1.29, 1.82) is 0 Å². The third-order valence-electron chi connectivity index (χ3n) is 3.08. The number of pyridine rings is 1. The molecule has 1 aliphatic heterocycles. The van der Waals surface area contributed by atoms with E-state index in [2.05, 4.69) is 4.98 Å². The molecule has 2 aromatic heterocycles. The lowest BCUT2D eigenvalue weighted by atomic mass is 10.0. The van der Waals surface area contributed by atoms with E-state index in [9.17, 15) is 5.11 Å². The lowest BCUT2D eigenvalue weighted by Gasteiger charge is -2.08.